The van der Waals surface area contributed by atoms with Gasteiger partial charge in [0, 0.05) is 19.0 Å². The highest BCUT2D eigenvalue weighted by Crippen LogP contribution is 2.31. The molecule has 1 saturated carbocycles. The number of hydrogen-bond acceptors (Lipinski definition) is 3. The molecule has 1 aliphatic carbocycles. The van der Waals surface area contributed by atoms with Gasteiger partial charge < -0.3 is 5.32 Å². The summed E-state index contributed by atoms with van der Waals surface area (Å²) in [6.45, 7) is 0.242. The molecule has 0 bridgehead atoms. The van der Waals surface area contributed by atoms with Gasteiger partial charge in [-0.1, -0.05) is 6.07 Å². The molecule has 7 heteroatoms. The number of nitrogens with zero attached hydrogens (tertiary/aromatic N) is 2. The Morgan fingerprint density at radius 3 is 3.00 bits per heavy atom. The van der Waals surface area contributed by atoms with Crippen molar-refractivity contribution >= 4 is 28.5 Å². The molecule has 6 nitrogen and oxygen atoms in total. The van der Waals surface area contributed by atoms with Crippen LogP contribution in [0, 0.1) is 11.7 Å². The Morgan fingerprint density at radius 2 is 2.23 bits per heavy atom. The lowest BCUT2D eigenvalue weighted by Gasteiger charge is -2.14. The van der Waals surface area contributed by atoms with Crippen LogP contribution in [0.15, 0.2) is 18.2 Å². The summed E-state index contributed by atoms with van der Waals surface area (Å²) >= 11 is 0. The molecule has 2 N–H and O–H groups in total. The van der Waals surface area contributed by atoms with Gasteiger partial charge in [-0.3, -0.25) is 19.6 Å². The molecule has 22 heavy (non-hydrogen) atoms. The topological polar surface area (TPSA) is 78.1 Å². The van der Waals surface area contributed by atoms with Gasteiger partial charge in [0.1, 0.15) is 5.82 Å². The van der Waals surface area contributed by atoms with E-state index in [-0.39, 0.29) is 36.6 Å². The van der Waals surface area contributed by atoms with Crippen molar-refractivity contribution < 1.29 is 14.0 Å². The van der Waals surface area contributed by atoms with Crippen LogP contribution in [0.5, 0.6) is 0 Å². The number of aromatic amines is 1. The number of anilines is 1. The van der Waals surface area contributed by atoms with Crippen LogP contribution in [0.1, 0.15) is 19.3 Å². The molecule has 1 unspecified atom stereocenters. The molecule has 0 radical (unpaired) electrons. The molecule has 2 fully saturated rings. The minimum absolute atomic E-state index is 0.0985. The third-order valence-electron chi connectivity index (χ3n) is 4.19. The van der Waals surface area contributed by atoms with Crippen LogP contribution < -0.4 is 10.2 Å². The van der Waals surface area contributed by atoms with Gasteiger partial charge in [0.15, 0.2) is 5.82 Å². The Bertz CT molecular complexity index is 768. The fourth-order valence-corrected chi connectivity index (χ4v) is 2.84. The molecular weight excluding hydrogens is 287 g/mol. The van der Waals surface area contributed by atoms with Crippen molar-refractivity contribution in [2.75, 3.05) is 11.4 Å². The van der Waals surface area contributed by atoms with E-state index in [2.05, 4.69) is 15.5 Å². The van der Waals surface area contributed by atoms with Crippen molar-refractivity contribution in [1.82, 2.24) is 15.5 Å². The Balaban J connectivity index is 1.61. The third kappa shape index (κ3) is 2.13. The Kier molecular flexibility index (Phi) is 2.88. The van der Waals surface area contributed by atoms with E-state index < -0.39 is 11.7 Å². The minimum atomic E-state index is -0.431. The lowest BCUT2D eigenvalue weighted by molar-refractivity contribution is -0.126. The molecule has 2 amide bonds. The number of nitrogens with one attached hydrogen (secondary N) is 2. The first-order chi connectivity index (χ1) is 10.6. The number of fused-ring (bicyclic) bond motifs is 1. The van der Waals surface area contributed by atoms with Crippen LogP contribution in [-0.2, 0) is 9.59 Å². The average molecular weight is 302 g/mol. The highest BCUT2D eigenvalue weighted by Gasteiger charge is 2.38. The molecule has 114 valence electrons. The normalized spacial score (nSPS) is 21.6. The Morgan fingerprint density at radius 1 is 1.41 bits per heavy atom. The second kappa shape index (κ2) is 4.79. The maximum absolute atomic E-state index is 14.0. The van der Waals surface area contributed by atoms with E-state index in [9.17, 15) is 14.0 Å². The highest BCUT2D eigenvalue weighted by molar-refractivity contribution is 6.05. The highest BCUT2D eigenvalue weighted by atomic mass is 19.1. The fourth-order valence-electron chi connectivity index (χ4n) is 2.84. The zero-order valence-corrected chi connectivity index (χ0v) is 11.8. The lowest BCUT2D eigenvalue weighted by Crippen LogP contribution is -2.34. The standard InChI is InChI=1S/C15H15FN4O2/c16-10-2-1-3-11-13(10)14(19-18-11)20-7-8(6-12(20)21)15(22)17-9-4-5-9/h1-3,8-9H,4-7H2,(H,17,22)(H,18,19). The number of halogens is 1. The van der Waals surface area contributed by atoms with Gasteiger partial charge in [0.25, 0.3) is 0 Å². The Labute approximate surface area is 125 Å². The lowest BCUT2D eigenvalue weighted by atomic mass is 10.1. The predicted octanol–water partition coefficient (Wildman–Crippen LogP) is 1.33. The van der Waals surface area contributed by atoms with Crippen LogP contribution in [0.2, 0.25) is 0 Å². The molecule has 1 aromatic carbocycles. The van der Waals surface area contributed by atoms with E-state index in [0.717, 1.165) is 12.8 Å². The summed E-state index contributed by atoms with van der Waals surface area (Å²) in [6, 6.07) is 4.88. The first kappa shape index (κ1) is 13.2. The zero-order valence-electron chi connectivity index (χ0n) is 11.8. The van der Waals surface area contributed by atoms with E-state index in [0.29, 0.717) is 10.9 Å². The van der Waals surface area contributed by atoms with Crippen molar-refractivity contribution in [3.63, 3.8) is 0 Å². The molecule has 1 saturated heterocycles. The summed E-state index contributed by atoms with van der Waals surface area (Å²) < 4.78 is 14.0. The van der Waals surface area contributed by atoms with Crippen LogP contribution >= 0.6 is 0 Å². The van der Waals surface area contributed by atoms with Gasteiger partial charge in [-0.05, 0) is 25.0 Å². The van der Waals surface area contributed by atoms with Gasteiger partial charge in [-0.15, -0.1) is 0 Å². The molecule has 4 rings (SSSR count). The van der Waals surface area contributed by atoms with E-state index in [1.54, 1.807) is 12.1 Å². The number of hydrogen-bond donors (Lipinski definition) is 2. The van der Waals surface area contributed by atoms with Crippen LogP contribution in [-0.4, -0.2) is 34.6 Å². The van der Waals surface area contributed by atoms with Gasteiger partial charge in [0.05, 0.1) is 16.8 Å². The number of carbonyl (C=O) groups excluding carboxylic acids is 2. The summed E-state index contributed by atoms with van der Waals surface area (Å²) in [6.07, 6.45) is 2.15. The quantitative estimate of drug-likeness (QED) is 0.898. The third-order valence-corrected chi connectivity index (χ3v) is 4.19. The summed E-state index contributed by atoms with van der Waals surface area (Å²) in [7, 11) is 0. The molecule has 2 heterocycles. The number of rotatable bonds is 3. The molecule has 0 spiro atoms. The molecule has 1 aliphatic heterocycles. The maximum atomic E-state index is 14.0. The van der Waals surface area contributed by atoms with E-state index in [1.807, 2.05) is 0 Å². The van der Waals surface area contributed by atoms with Crippen molar-refractivity contribution in [1.29, 1.82) is 0 Å². The number of benzene rings is 1. The number of aromatic nitrogens is 2. The van der Waals surface area contributed by atoms with Gasteiger partial charge in [-0.2, -0.15) is 5.10 Å². The fraction of sp³-hybridized carbons (Fsp3) is 0.400. The first-order valence-electron chi connectivity index (χ1n) is 7.37. The van der Waals surface area contributed by atoms with Gasteiger partial charge >= 0.3 is 0 Å². The van der Waals surface area contributed by atoms with Crippen molar-refractivity contribution in [3.05, 3.63) is 24.0 Å². The monoisotopic (exact) mass is 302 g/mol. The second-order valence-electron chi connectivity index (χ2n) is 5.90. The number of amides is 2. The van der Waals surface area contributed by atoms with Gasteiger partial charge in [-0.25, -0.2) is 4.39 Å². The smallest absolute Gasteiger partial charge is 0.229 e. The summed E-state index contributed by atoms with van der Waals surface area (Å²) in [4.78, 5) is 25.7. The van der Waals surface area contributed by atoms with Crippen LogP contribution in [0.3, 0.4) is 0 Å². The summed E-state index contributed by atoms with van der Waals surface area (Å²) in [5.74, 6) is -0.863. The van der Waals surface area contributed by atoms with E-state index in [4.69, 9.17) is 0 Å². The number of carbonyl (C=O) groups is 2. The molecular formula is C15H15FN4O2. The van der Waals surface area contributed by atoms with Crippen LogP contribution in [0.25, 0.3) is 10.9 Å². The molecule has 1 aromatic heterocycles. The predicted molar refractivity (Wildman–Crippen MR) is 77.7 cm³/mol. The van der Waals surface area contributed by atoms with Gasteiger partial charge in [0.2, 0.25) is 11.8 Å². The van der Waals surface area contributed by atoms with Crippen molar-refractivity contribution in [2.45, 2.75) is 25.3 Å². The zero-order chi connectivity index (χ0) is 15.3. The average Bonchev–Trinajstić information content (AvgIpc) is 3.06. The minimum Gasteiger partial charge on any atom is -0.353 e. The maximum Gasteiger partial charge on any atom is 0.229 e. The largest absolute Gasteiger partial charge is 0.353 e. The van der Waals surface area contributed by atoms with E-state index in [1.165, 1.54) is 11.0 Å². The van der Waals surface area contributed by atoms with E-state index >= 15 is 0 Å². The Hall–Kier alpha value is -2.44. The summed E-state index contributed by atoms with van der Waals surface area (Å²) in [5.41, 5.74) is 0.536. The van der Waals surface area contributed by atoms with Crippen molar-refractivity contribution in [2.24, 2.45) is 5.92 Å². The molecule has 1 atom stereocenters. The SMILES string of the molecule is O=C(NC1CC1)C1CC(=O)N(c2n[nH]c3cccc(F)c23)C1. The summed E-state index contributed by atoms with van der Waals surface area (Å²) in [5, 5.41) is 9.99. The first-order valence-corrected chi connectivity index (χ1v) is 7.37. The number of H-pyrrole nitrogens is 1. The van der Waals surface area contributed by atoms with Crippen LogP contribution in [0.4, 0.5) is 10.2 Å². The molecule has 2 aromatic rings. The molecule has 2 aliphatic rings. The van der Waals surface area contributed by atoms with Crippen molar-refractivity contribution in [3.8, 4) is 0 Å². The second-order valence-corrected chi connectivity index (χ2v) is 5.90.